The van der Waals surface area contributed by atoms with Crippen LogP contribution in [-0.4, -0.2) is 4.57 Å². The average molecular weight is 268 g/mol. The van der Waals surface area contributed by atoms with Gasteiger partial charge in [-0.1, -0.05) is 0 Å². The van der Waals surface area contributed by atoms with Gasteiger partial charge >= 0.3 is 0 Å². The van der Waals surface area contributed by atoms with Crippen molar-refractivity contribution in [1.29, 1.82) is 0 Å². The molecule has 0 aliphatic heterocycles. The van der Waals surface area contributed by atoms with E-state index in [1.54, 1.807) is 6.07 Å². The molecule has 2 aromatic rings. The molecule has 0 spiro atoms. The fraction of sp³-hybridized carbons (Fsp3) is 0.333. The Kier molecular flexibility index (Phi) is 1.93. The summed E-state index contributed by atoms with van der Waals surface area (Å²) >= 11 is 3.60. The van der Waals surface area contributed by atoms with Crippen molar-refractivity contribution in [2.24, 2.45) is 0 Å². The number of benzene rings is 1. The maximum Gasteiger partial charge on any atom is 0.125 e. The number of rotatable bonds is 1. The fourth-order valence-corrected chi connectivity index (χ4v) is 2.80. The molecule has 3 heteroatoms. The Bertz CT molecular complexity index is 540. The van der Waals surface area contributed by atoms with Gasteiger partial charge in [-0.25, -0.2) is 4.39 Å². The normalized spacial score (nSPS) is 16.2. The van der Waals surface area contributed by atoms with Gasteiger partial charge in [0.05, 0.1) is 10.1 Å². The predicted octanol–water partition coefficient (Wildman–Crippen LogP) is 4.19. The monoisotopic (exact) mass is 267 g/mol. The Hall–Kier alpha value is -0.830. The quantitative estimate of drug-likeness (QED) is 0.731. The minimum atomic E-state index is -0.158. The molecule has 0 bridgehead atoms. The SMILES string of the molecule is Cc1c(Br)n(C2CC2)c2cc(F)ccc12. The second kappa shape index (κ2) is 3.08. The van der Waals surface area contributed by atoms with Gasteiger partial charge in [0.15, 0.2) is 0 Å². The Morgan fingerprint density at radius 3 is 2.80 bits per heavy atom. The van der Waals surface area contributed by atoms with Crippen molar-refractivity contribution in [2.75, 3.05) is 0 Å². The minimum Gasteiger partial charge on any atom is -0.332 e. The Balaban J connectivity index is 2.40. The molecule has 1 heterocycles. The predicted molar refractivity (Wildman–Crippen MR) is 62.6 cm³/mol. The summed E-state index contributed by atoms with van der Waals surface area (Å²) in [5.74, 6) is -0.158. The van der Waals surface area contributed by atoms with Crippen LogP contribution < -0.4 is 0 Å². The molecular weight excluding hydrogens is 257 g/mol. The highest BCUT2D eigenvalue weighted by Gasteiger charge is 2.28. The molecule has 1 saturated carbocycles. The molecule has 0 amide bonds. The molecule has 78 valence electrons. The second-order valence-electron chi connectivity index (χ2n) is 4.18. The molecule has 3 rings (SSSR count). The van der Waals surface area contributed by atoms with Crippen LogP contribution in [0.4, 0.5) is 4.39 Å². The average Bonchev–Trinajstić information content (AvgIpc) is 2.98. The van der Waals surface area contributed by atoms with Crippen LogP contribution in [0, 0.1) is 12.7 Å². The van der Waals surface area contributed by atoms with Gasteiger partial charge in [0.25, 0.3) is 0 Å². The largest absolute Gasteiger partial charge is 0.332 e. The second-order valence-corrected chi connectivity index (χ2v) is 4.93. The standard InChI is InChI=1S/C12H11BrFN/c1-7-10-5-2-8(14)6-11(10)15(12(7)13)9-3-4-9/h2,5-6,9H,3-4H2,1H3. The fourth-order valence-electron chi connectivity index (χ4n) is 2.11. The van der Waals surface area contributed by atoms with Crippen molar-refractivity contribution in [3.05, 3.63) is 34.2 Å². The smallest absolute Gasteiger partial charge is 0.125 e. The van der Waals surface area contributed by atoms with Crippen molar-refractivity contribution in [1.82, 2.24) is 4.57 Å². The van der Waals surface area contributed by atoms with E-state index in [0.717, 1.165) is 15.5 Å². The van der Waals surface area contributed by atoms with E-state index >= 15 is 0 Å². The van der Waals surface area contributed by atoms with E-state index in [1.807, 2.05) is 6.07 Å². The minimum absolute atomic E-state index is 0.158. The lowest BCUT2D eigenvalue weighted by Gasteiger charge is -2.04. The maximum atomic E-state index is 13.2. The molecule has 0 radical (unpaired) electrons. The van der Waals surface area contributed by atoms with E-state index in [2.05, 4.69) is 27.4 Å². The summed E-state index contributed by atoms with van der Waals surface area (Å²) in [6, 6.07) is 5.59. The summed E-state index contributed by atoms with van der Waals surface area (Å²) in [6.07, 6.45) is 2.41. The third kappa shape index (κ3) is 1.33. The van der Waals surface area contributed by atoms with Crippen LogP contribution in [0.5, 0.6) is 0 Å². The van der Waals surface area contributed by atoms with E-state index in [0.29, 0.717) is 6.04 Å². The highest BCUT2D eigenvalue weighted by molar-refractivity contribution is 9.10. The Morgan fingerprint density at radius 2 is 2.13 bits per heavy atom. The van der Waals surface area contributed by atoms with Gasteiger partial charge in [-0.05, 0) is 59.5 Å². The summed E-state index contributed by atoms with van der Waals surface area (Å²) in [7, 11) is 0. The number of fused-ring (bicyclic) bond motifs is 1. The van der Waals surface area contributed by atoms with Gasteiger partial charge in [-0.15, -0.1) is 0 Å². The summed E-state index contributed by atoms with van der Waals surface area (Å²) in [5.41, 5.74) is 2.22. The first-order valence-corrected chi connectivity index (χ1v) is 5.93. The third-order valence-electron chi connectivity index (χ3n) is 3.06. The topological polar surface area (TPSA) is 4.93 Å². The molecule has 1 aliphatic rings. The lowest BCUT2D eigenvalue weighted by molar-refractivity contribution is 0.627. The van der Waals surface area contributed by atoms with Gasteiger partial charge in [-0.3, -0.25) is 0 Å². The van der Waals surface area contributed by atoms with Gasteiger partial charge < -0.3 is 4.57 Å². The lowest BCUT2D eigenvalue weighted by Crippen LogP contribution is -1.93. The number of halogens is 2. The van der Waals surface area contributed by atoms with Crippen molar-refractivity contribution >= 4 is 26.8 Å². The summed E-state index contributed by atoms with van der Waals surface area (Å²) < 4.78 is 16.5. The van der Waals surface area contributed by atoms with Crippen LogP contribution in [-0.2, 0) is 0 Å². The maximum absolute atomic E-state index is 13.2. The molecule has 15 heavy (non-hydrogen) atoms. The van der Waals surface area contributed by atoms with E-state index in [9.17, 15) is 4.39 Å². The first-order valence-electron chi connectivity index (χ1n) is 5.14. The first kappa shape index (κ1) is 9.40. The van der Waals surface area contributed by atoms with E-state index in [-0.39, 0.29) is 5.82 Å². The number of nitrogens with zero attached hydrogens (tertiary/aromatic N) is 1. The highest BCUT2D eigenvalue weighted by Crippen LogP contribution is 2.43. The molecule has 1 nitrogen and oxygen atoms in total. The van der Waals surface area contributed by atoms with Crippen LogP contribution in [0.3, 0.4) is 0 Å². The van der Waals surface area contributed by atoms with Crippen molar-refractivity contribution in [3.8, 4) is 0 Å². The van der Waals surface area contributed by atoms with Gasteiger partial charge in [-0.2, -0.15) is 0 Å². The van der Waals surface area contributed by atoms with E-state index in [4.69, 9.17) is 0 Å². The number of aryl methyl sites for hydroxylation is 1. The van der Waals surface area contributed by atoms with Crippen molar-refractivity contribution in [2.45, 2.75) is 25.8 Å². The van der Waals surface area contributed by atoms with Crippen LogP contribution in [0.15, 0.2) is 22.8 Å². The van der Waals surface area contributed by atoms with Crippen LogP contribution in [0.2, 0.25) is 0 Å². The summed E-state index contributed by atoms with van der Waals surface area (Å²) in [5, 5.41) is 1.15. The van der Waals surface area contributed by atoms with E-state index < -0.39 is 0 Å². The molecule has 0 unspecified atom stereocenters. The summed E-state index contributed by atoms with van der Waals surface area (Å²) in [4.78, 5) is 0. The molecule has 0 atom stereocenters. The number of hydrogen-bond donors (Lipinski definition) is 0. The van der Waals surface area contributed by atoms with Gasteiger partial charge in [0.2, 0.25) is 0 Å². The van der Waals surface area contributed by atoms with Crippen LogP contribution >= 0.6 is 15.9 Å². The zero-order valence-corrected chi connectivity index (χ0v) is 10.0. The molecule has 1 aliphatic carbocycles. The summed E-state index contributed by atoms with van der Waals surface area (Å²) in [6.45, 7) is 2.07. The Labute approximate surface area is 96.0 Å². The Morgan fingerprint density at radius 1 is 1.40 bits per heavy atom. The zero-order chi connectivity index (χ0) is 10.6. The molecule has 1 aromatic heterocycles. The van der Waals surface area contributed by atoms with Crippen molar-refractivity contribution in [3.63, 3.8) is 0 Å². The molecular formula is C12H11BrFN. The van der Waals surface area contributed by atoms with Gasteiger partial charge in [0, 0.05) is 11.4 Å². The molecule has 0 N–H and O–H groups in total. The van der Waals surface area contributed by atoms with Crippen molar-refractivity contribution < 1.29 is 4.39 Å². The molecule has 1 aromatic carbocycles. The first-order chi connectivity index (χ1) is 7.18. The number of aromatic nitrogens is 1. The molecule has 1 fully saturated rings. The third-order valence-corrected chi connectivity index (χ3v) is 4.03. The number of hydrogen-bond acceptors (Lipinski definition) is 0. The van der Waals surface area contributed by atoms with E-state index in [1.165, 1.54) is 24.5 Å². The molecule has 0 saturated heterocycles. The van der Waals surface area contributed by atoms with Crippen LogP contribution in [0.25, 0.3) is 10.9 Å². The zero-order valence-electron chi connectivity index (χ0n) is 8.43. The highest BCUT2D eigenvalue weighted by atomic mass is 79.9. The lowest BCUT2D eigenvalue weighted by atomic mass is 10.2. The van der Waals surface area contributed by atoms with Gasteiger partial charge in [0.1, 0.15) is 5.82 Å². The van der Waals surface area contributed by atoms with Crippen LogP contribution in [0.1, 0.15) is 24.4 Å².